The molecule has 0 spiro atoms. The Kier molecular flexibility index (Phi) is 11.1. The van der Waals surface area contributed by atoms with E-state index >= 15 is 0 Å². The molecule has 2 aromatic carbocycles. The molecule has 0 saturated carbocycles. The van der Waals surface area contributed by atoms with Gasteiger partial charge in [-0.25, -0.2) is 8.78 Å². The van der Waals surface area contributed by atoms with E-state index in [1.165, 1.54) is 24.3 Å². The van der Waals surface area contributed by atoms with Crippen LogP contribution in [0.5, 0.6) is 0 Å². The van der Waals surface area contributed by atoms with Gasteiger partial charge in [-0.2, -0.15) is 36.5 Å². The van der Waals surface area contributed by atoms with Crippen LogP contribution in [0.15, 0.2) is 60.9 Å². The van der Waals surface area contributed by atoms with Gasteiger partial charge in [0.05, 0.1) is 35.2 Å². The minimum absolute atomic E-state index is 0.270. The first kappa shape index (κ1) is 37.8. The lowest BCUT2D eigenvalue weighted by atomic mass is 9.99. The van der Waals surface area contributed by atoms with Crippen LogP contribution in [0.2, 0.25) is 10.0 Å². The molecule has 52 heavy (non-hydrogen) atoms. The molecule has 0 aliphatic carbocycles. The van der Waals surface area contributed by atoms with Crippen molar-refractivity contribution in [1.29, 1.82) is 0 Å². The summed E-state index contributed by atoms with van der Waals surface area (Å²) in [6, 6.07) is 9.54. The molecular formula is C33H32Cl2F8N8O. The highest BCUT2D eigenvalue weighted by Crippen LogP contribution is 2.35. The number of carbonyl (C=O) groups excluding carboxylic acids is 1. The average molecular weight is 780 g/mol. The minimum atomic E-state index is -4.86. The van der Waals surface area contributed by atoms with Crippen LogP contribution in [0, 0.1) is 11.6 Å². The topological polar surface area (TPSA) is 65.7 Å². The fourth-order valence-corrected chi connectivity index (χ4v) is 7.12. The van der Waals surface area contributed by atoms with E-state index in [2.05, 4.69) is 10.2 Å². The highest BCUT2D eigenvalue weighted by atomic mass is 35.5. The number of aromatic nitrogens is 4. The van der Waals surface area contributed by atoms with E-state index in [0.29, 0.717) is 26.2 Å². The number of alkyl halides is 6. The molecule has 0 radical (unpaired) electrons. The number of nitrogens with zero attached hydrogens (tertiary/aromatic N) is 8. The highest BCUT2D eigenvalue weighted by Gasteiger charge is 2.42. The number of piperazine rings is 2. The van der Waals surface area contributed by atoms with Crippen molar-refractivity contribution in [2.75, 3.05) is 62.2 Å². The van der Waals surface area contributed by atoms with Gasteiger partial charge in [0.15, 0.2) is 17.2 Å². The van der Waals surface area contributed by atoms with Gasteiger partial charge in [-0.3, -0.25) is 24.0 Å². The predicted octanol–water partition coefficient (Wildman–Crippen LogP) is 6.35. The van der Waals surface area contributed by atoms with Crippen LogP contribution >= 0.6 is 23.2 Å². The van der Waals surface area contributed by atoms with Crippen molar-refractivity contribution in [2.45, 2.75) is 37.5 Å². The summed E-state index contributed by atoms with van der Waals surface area (Å²) in [5.74, 6) is -1.30. The third-order valence-electron chi connectivity index (χ3n) is 9.24. The highest BCUT2D eigenvalue weighted by molar-refractivity contribution is 6.31. The summed E-state index contributed by atoms with van der Waals surface area (Å²) in [7, 11) is 0. The smallest absolute Gasteiger partial charge is 0.369 e. The van der Waals surface area contributed by atoms with Crippen molar-refractivity contribution in [2.24, 2.45) is 0 Å². The van der Waals surface area contributed by atoms with E-state index in [9.17, 15) is 39.9 Å². The maximum Gasteiger partial charge on any atom is 0.436 e. The van der Waals surface area contributed by atoms with E-state index in [1.807, 2.05) is 9.80 Å². The van der Waals surface area contributed by atoms with Crippen LogP contribution < -0.4 is 9.80 Å². The third kappa shape index (κ3) is 8.64. The van der Waals surface area contributed by atoms with Crippen molar-refractivity contribution >= 4 is 40.4 Å². The Morgan fingerprint density at radius 1 is 0.596 bits per heavy atom. The number of ketones is 1. The van der Waals surface area contributed by atoms with Gasteiger partial charge in [-0.1, -0.05) is 23.2 Å². The maximum absolute atomic E-state index is 14.8. The van der Waals surface area contributed by atoms with Gasteiger partial charge >= 0.3 is 12.4 Å². The second kappa shape index (κ2) is 15.2. The molecule has 0 amide bonds. The van der Waals surface area contributed by atoms with Crippen LogP contribution in [0.3, 0.4) is 0 Å². The summed E-state index contributed by atoms with van der Waals surface area (Å²) in [5.41, 5.74) is -1.15. The summed E-state index contributed by atoms with van der Waals surface area (Å²) in [5, 5.41) is 5.98. The number of hydrogen-bond acceptors (Lipinski definition) is 7. The molecule has 2 fully saturated rings. The summed E-state index contributed by atoms with van der Waals surface area (Å²) in [6.07, 6.45) is -7.74. The first-order chi connectivity index (χ1) is 24.6. The zero-order valence-corrected chi connectivity index (χ0v) is 28.8. The zero-order valence-electron chi connectivity index (χ0n) is 27.3. The van der Waals surface area contributed by atoms with Crippen LogP contribution in [-0.4, -0.2) is 99.6 Å². The number of Topliss-reactive ketones (excluding diaryl/α,β-unsaturated/α-hetero) is 1. The largest absolute Gasteiger partial charge is 0.436 e. The Morgan fingerprint density at radius 2 is 0.923 bits per heavy atom. The monoisotopic (exact) mass is 778 g/mol. The molecule has 0 N–H and O–H groups in total. The van der Waals surface area contributed by atoms with E-state index in [-0.39, 0.29) is 39.3 Å². The molecule has 0 bridgehead atoms. The lowest BCUT2D eigenvalue weighted by Gasteiger charge is -2.43. The van der Waals surface area contributed by atoms with E-state index in [1.54, 1.807) is 34.1 Å². The van der Waals surface area contributed by atoms with Crippen LogP contribution in [0.1, 0.15) is 11.4 Å². The Morgan fingerprint density at radius 3 is 1.21 bits per heavy atom. The van der Waals surface area contributed by atoms with Gasteiger partial charge in [0.2, 0.25) is 0 Å². The lowest BCUT2D eigenvalue weighted by molar-refractivity contribution is -0.142. The van der Waals surface area contributed by atoms with Crippen molar-refractivity contribution in [3.05, 3.63) is 94.0 Å². The third-order valence-corrected chi connectivity index (χ3v) is 9.79. The molecule has 9 nitrogen and oxygen atoms in total. The quantitative estimate of drug-likeness (QED) is 0.174. The second-order valence-electron chi connectivity index (χ2n) is 12.5. The van der Waals surface area contributed by atoms with Crippen molar-refractivity contribution in [1.82, 2.24) is 29.4 Å². The molecule has 4 heterocycles. The Balaban J connectivity index is 1.30. The molecular weight excluding hydrogens is 747 g/mol. The number of anilines is 2. The molecule has 6 rings (SSSR count). The van der Waals surface area contributed by atoms with E-state index in [0.717, 1.165) is 33.1 Å². The number of hydrogen-bond donors (Lipinski definition) is 0. The Bertz CT molecular complexity index is 1700. The van der Waals surface area contributed by atoms with E-state index < -0.39 is 63.3 Å². The summed E-state index contributed by atoms with van der Waals surface area (Å²) in [4.78, 5) is 22.4. The Labute approximate surface area is 302 Å². The van der Waals surface area contributed by atoms with Gasteiger partial charge in [0.25, 0.3) is 0 Å². The zero-order chi connectivity index (χ0) is 37.4. The van der Waals surface area contributed by atoms with Gasteiger partial charge in [-0.05, 0) is 48.5 Å². The van der Waals surface area contributed by atoms with Crippen molar-refractivity contribution in [3.8, 4) is 0 Å². The van der Waals surface area contributed by atoms with Crippen LogP contribution in [0.25, 0.3) is 0 Å². The average Bonchev–Trinajstić information content (AvgIpc) is 3.68. The molecule has 2 unspecified atom stereocenters. The van der Waals surface area contributed by atoms with Gasteiger partial charge < -0.3 is 9.80 Å². The maximum atomic E-state index is 14.8. The standard InChI is InChI=1S/C33H32Cl2F8N8O/c34-25-17-50(44-30(25)32(38,39)40)19-27(48-13-9-46(10-14-48)23-5-1-21(36)2-6-23)29(52)28(20-51-18-26(35)31(45-51)33(41,42)43)49-15-11-47(12-16-49)24-7-3-22(37)4-8-24/h1-8,17-18,27-28H,9-16,19-20H2. The molecule has 2 aromatic heterocycles. The molecule has 19 heteroatoms. The molecule has 280 valence electrons. The fraction of sp³-hybridized carbons (Fsp3) is 0.424. The number of rotatable bonds is 10. The minimum Gasteiger partial charge on any atom is -0.369 e. The van der Waals surface area contributed by atoms with E-state index in [4.69, 9.17) is 23.2 Å². The van der Waals surface area contributed by atoms with Gasteiger partial charge in [0, 0.05) is 76.1 Å². The van der Waals surface area contributed by atoms with Gasteiger partial charge in [0.1, 0.15) is 11.6 Å². The van der Waals surface area contributed by atoms with Crippen molar-refractivity contribution in [3.63, 3.8) is 0 Å². The summed E-state index contributed by atoms with van der Waals surface area (Å²) < 4.78 is 111. The molecule has 2 aliphatic rings. The first-order valence-corrected chi connectivity index (χ1v) is 17.0. The lowest BCUT2D eigenvalue weighted by Crippen LogP contribution is -2.61. The van der Waals surface area contributed by atoms with Crippen LogP contribution in [0.4, 0.5) is 46.5 Å². The summed E-state index contributed by atoms with van der Waals surface area (Å²) in [6.45, 7) is 1.92. The van der Waals surface area contributed by atoms with Crippen molar-refractivity contribution < 1.29 is 39.9 Å². The molecule has 2 aliphatic heterocycles. The number of carbonyl (C=O) groups is 1. The molecule has 2 saturated heterocycles. The molecule has 4 aromatic rings. The number of benzene rings is 2. The first-order valence-electron chi connectivity index (χ1n) is 16.2. The summed E-state index contributed by atoms with van der Waals surface area (Å²) >= 11 is 11.8. The Hall–Kier alpha value is -3.93. The SMILES string of the molecule is O=C(C(Cn1cc(Cl)c(C(F)(F)F)n1)N1CCN(c2ccc(F)cc2)CC1)C(Cn1cc(Cl)c(C(F)(F)F)n1)N1CCN(c2ccc(F)cc2)CC1. The predicted molar refractivity (Wildman–Crippen MR) is 177 cm³/mol. The van der Waals surface area contributed by atoms with Crippen LogP contribution in [-0.2, 0) is 30.2 Å². The normalized spacial score (nSPS) is 17.8. The molecule has 2 atom stereocenters. The van der Waals surface area contributed by atoms with Gasteiger partial charge in [-0.15, -0.1) is 0 Å². The second-order valence-corrected chi connectivity index (χ2v) is 13.3. The fourth-order valence-electron chi connectivity index (χ4n) is 6.60. The number of halogens is 10.